The highest BCUT2D eigenvalue weighted by molar-refractivity contribution is 5.29. The van der Waals surface area contributed by atoms with Crippen molar-refractivity contribution < 1.29 is 14.3 Å². The molecule has 4 aliphatic rings. The topological polar surface area (TPSA) is 68.6 Å². The van der Waals surface area contributed by atoms with Gasteiger partial charge in [-0.1, -0.05) is 25.5 Å². The first-order chi connectivity index (χ1) is 13.9. The van der Waals surface area contributed by atoms with Crippen LogP contribution in [0.5, 0.6) is 0 Å². The molecule has 0 aliphatic heterocycles. The van der Waals surface area contributed by atoms with Gasteiger partial charge < -0.3 is 20.0 Å². The van der Waals surface area contributed by atoms with Gasteiger partial charge in [0.15, 0.2) is 0 Å². The zero-order valence-corrected chi connectivity index (χ0v) is 18.0. The molecule has 5 rings (SSSR count). The van der Waals surface area contributed by atoms with Crippen LogP contribution in [0.4, 0.5) is 0 Å². The van der Waals surface area contributed by atoms with E-state index in [9.17, 15) is 5.11 Å². The van der Waals surface area contributed by atoms with Crippen LogP contribution >= 0.6 is 0 Å². The average molecular weight is 400 g/mol. The van der Waals surface area contributed by atoms with Gasteiger partial charge in [0.2, 0.25) is 0 Å². The maximum Gasteiger partial charge on any atom is 0.0983 e. The zero-order chi connectivity index (χ0) is 20.3. The zero-order valence-electron chi connectivity index (χ0n) is 18.0. The average Bonchev–Trinajstić information content (AvgIpc) is 3.34. The second-order valence-corrected chi connectivity index (χ2v) is 10.6. The van der Waals surface area contributed by atoms with Crippen molar-refractivity contribution in [1.29, 1.82) is 0 Å². The van der Waals surface area contributed by atoms with Gasteiger partial charge in [0.05, 0.1) is 30.8 Å². The monoisotopic (exact) mass is 399 g/mol. The maximum absolute atomic E-state index is 11.8. The van der Waals surface area contributed by atoms with Gasteiger partial charge in [-0.3, -0.25) is 0 Å². The van der Waals surface area contributed by atoms with Crippen molar-refractivity contribution in [2.75, 3.05) is 13.2 Å². The van der Waals surface area contributed by atoms with Crippen LogP contribution < -0.4 is 5.73 Å². The molecule has 1 heterocycles. The Morgan fingerprint density at radius 3 is 2.72 bits per heavy atom. The van der Waals surface area contributed by atoms with Gasteiger partial charge in [-0.05, 0) is 80.6 Å². The molecule has 3 N–H and O–H groups in total. The van der Waals surface area contributed by atoms with E-state index in [1.165, 1.54) is 25.7 Å². The van der Waals surface area contributed by atoms with Crippen molar-refractivity contribution in [3.63, 3.8) is 0 Å². The van der Waals surface area contributed by atoms with Gasteiger partial charge in [-0.15, -0.1) is 0 Å². The number of allylic oxidation sites excluding steroid dienone is 1. The molecule has 4 heteroatoms. The van der Waals surface area contributed by atoms with Gasteiger partial charge in [0.25, 0.3) is 0 Å². The summed E-state index contributed by atoms with van der Waals surface area (Å²) in [7, 11) is 0. The van der Waals surface area contributed by atoms with Crippen molar-refractivity contribution in [2.45, 2.75) is 76.9 Å². The van der Waals surface area contributed by atoms with Crippen molar-refractivity contribution in [2.24, 2.45) is 34.3 Å². The first-order valence-corrected chi connectivity index (χ1v) is 11.7. The Labute approximate surface area is 174 Å². The molecule has 0 radical (unpaired) electrons. The largest absolute Gasteiger partial charge is 0.472 e. The number of nitrogens with two attached hydrogens (primary N) is 1. The summed E-state index contributed by atoms with van der Waals surface area (Å²) in [4.78, 5) is 0. The minimum absolute atomic E-state index is 0.0446. The number of hydrogen-bond acceptors (Lipinski definition) is 4. The molecule has 3 saturated carbocycles. The van der Waals surface area contributed by atoms with Gasteiger partial charge in [-0.2, -0.15) is 0 Å². The highest BCUT2D eigenvalue weighted by atomic mass is 16.5. The van der Waals surface area contributed by atoms with E-state index in [-0.39, 0.29) is 11.5 Å². The normalized spacial score (nSPS) is 46.6. The molecule has 4 aliphatic carbocycles. The fourth-order valence-electron chi connectivity index (χ4n) is 8.04. The Balaban J connectivity index is 1.42. The number of furan rings is 1. The fourth-order valence-corrected chi connectivity index (χ4v) is 8.04. The van der Waals surface area contributed by atoms with Crippen LogP contribution in [0.15, 0.2) is 34.7 Å². The fraction of sp³-hybridized carbons (Fsp3) is 0.760. The third kappa shape index (κ3) is 2.75. The van der Waals surface area contributed by atoms with Crippen molar-refractivity contribution in [1.82, 2.24) is 0 Å². The number of hydrogen-bond donors (Lipinski definition) is 2. The van der Waals surface area contributed by atoms with E-state index in [1.54, 1.807) is 18.1 Å². The van der Waals surface area contributed by atoms with E-state index in [2.05, 4.69) is 19.9 Å². The molecule has 29 heavy (non-hydrogen) atoms. The molecule has 0 spiro atoms. The molecule has 0 unspecified atom stereocenters. The summed E-state index contributed by atoms with van der Waals surface area (Å²) >= 11 is 0. The molecule has 1 aromatic heterocycles. The number of aliphatic hydroxyl groups is 1. The second-order valence-electron chi connectivity index (χ2n) is 10.6. The van der Waals surface area contributed by atoms with Gasteiger partial charge in [0, 0.05) is 17.5 Å². The lowest BCUT2D eigenvalue weighted by atomic mass is 9.46. The Hall–Kier alpha value is -1.10. The van der Waals surface area contributed by atoms with Crippen molar-refractivity contribution in [3.05, 3.63) is 35.8 Å². The minimum Gasteiger partial charge on any atom is -0.472 e. The van der Waals surface area contributed by atoms with Crippen LogP contribution in [0.2, 0.25) is 0 Å². The first kappa shape index (κ1) is 19.8. The molecular formula is C25H37NO3. The van der Waals surface area contributed by atoms with Gasteiger partial charge >= 0.3 is 0 Å². The third-order valence-electron chi connectivity index (χ3n) is 9.67. The highest BCUT2D eigenvalue weighted by Crippen LogP contribution is 2.69. The SMILES string of the molecule is C[C@]12CC[C@H](OCCN)C=C1CC[C@@H]1[C@@H]2CC[C@@]2(C)[C@H]1CC[C@@]2(O)c1ccoc1. The van der Waals surface area contributed by atoms with Crippen LogP contribution in [0.1, 0.15) is 70.8 Å². The van der Waals surface area contributed by atoms with E-state index in [0.717, 1.165) is 43.1 Å². The Morgan fingerprint density at radius 1 is 1.14 bits per heavy atom. The molecule has 1 aromatic rings. The number of fused-ring (bicyclic) bond motifs is 5. The quantitative estimate of drug-likeness (QED) is 0.715. The Bertz CT molecular complexity index is 773. The second kappa shape index (κ2) is 6.96. The molecule has 0 saturated heterocycles. The van der Waals surface area contributed by atoms with Crippen LogP contribution in [0.3, 0.4) is 0 Å². The summed E-state index contributed by atoms with van der Waals surface area (Å²) in [5.74, 6) is 2.06. The molecule has 3 fully saturated rings. The van der Waals surface area contributed by atoms with E-state index in [0.29, 0.717) is 24.5 Å². The summed E-state index contributed by atoms with van der Waals surface area (Å²) in [5, 5.41) is 11.8. The molecule has 0 aromatic carbocycles. The molecule has 0 bridgehead atoms. The Kier molecular flexibility index (Phi) is 4.76. The molecule has 0 amide bonds. The van der Waals surface area contributed by atoms with Crippen LogP contribution in [-0.4, -0.2) is 24.4 Å². The summed E-state index contributed by atoms with van der Waals surface area (Å²) in [6, 6.07) is 1.98. The van der Waals surface area contributed by atoms with Crippen molar-refractivity contribution in [3.8, 4) is 0 Å². The molecule has 160 valence electrons. The van der Waals surface area contributed by atoms with E-state index in [1.807, 2.05) is 6.07 Å². The van der Waals surface area contributed by atoms with E-state index in [4.69, 9.17) is 14.9 Å². The van der Waals surface area contributed by atoms with Crippen molar-refractivity contribution >= 4 is 0 Å². The Morgan fingerprint density at radius 2 is 1.97 bits per heavy atom. The van der Waals surface area contributed by atoms with Crippen LogP contribution in [0, 0.1) is 28.6 Å². The van der Waals surface area contributed by atoms with Gasteiger partial charge in [0.1, 0.15) is 0 Å². The first-order valence-electron chi connectivity index (χ1n) is 11.7. The minimum atomic E-state index is -0.736. The number of rotatable bonds is 4. The van der Waals surface area contributed by atoms with E-state index >= 15 is 0 Å². The predicted octanol–water partition coefficient (Wildman–Crippen LogP) is 4.77. The smallest absolute Gasteiger partial charge is 0.0983 e. The van der Waals surface area contributed by atoms with Gasteiger partial charge in [-0.25, -0.2) is 0 Å². The lowest BCUT2D eigenvalue weighted by molar-refractivity contribution is -0.133. The lowest BCUT2D eigenvalue weighted by Gasteiger charge is -2.59. The standard InChI is InChI=1S/C25H37NO3/c1-23-9-5-19(29-14-12-26)15-17(23)3-4-20-21(23)6-10-24(2)22(20)7-11-25(24,27)18-8-13-28-16-18/h8,13,15-16,19-22,27H,3-7,9-12,14,26H2,1-2H3/t19-,20+,21-,22-,23-,24-,25+/m0/s1. The van der Waals surface area contributed by atoms with Crippen LogP contribution in [0.25, 0.3) is 0 Å². The third-order valence-corrected chi connectivity index (χ3v) is 9.67. The summed E-state index contributed by atoms with van der Waals surface area (Å²) in [6.07, 6.45) is 15.3. The summed E-state index contributed by atoms with van der Waals surface area (Å²) < 4.78 is 11.3. The van der Waals surface area contributed by atoms with Crippen LogP contribution in [-0.2, 0) is 10.3 Å². The number of ether oxygens (including phenoxy) is 1. The predicted molar refractivity (Wildman–Crippen MR) is 113 cm³/mol. The molecule has 4 nitrogen and oxygen atoms in total. The molecule has 7 atom stereocenters. The molecular weight excluding hydrogens is 362 g/mol. The summed E-state index contributed by atoms with van der Waals surface area (Å²) in [5.41, 5.74) is 7.79. The highest BCUT2D eigenvalue weighted by Gasteiger charge is 2.64. The maximum atomic E-state index is 11.8. The lowest BCUT2D eigenvalue weighted by Crippen LogP contribution is -2.53. The van der Waals surface area contributed by atoms with E-state index < -0.39 is 5.60 Å². The summed E-state index contributed by atoms with van der Waals surface area (Å²) in [6.45, 7) is 6.14.